The van der Waals surface area contributed by atoms with Crippen molar-refractivity contribution < 1.29 is 29.3 Å². The number of nitrogens with two attached hydrogens (primary N) is 3. The maximum absolute atomic E-state index is 13.3. The zero-order valence-corrected chi connectivity index (χ0v) is 21.5. The van der Waals surface area contributed by atoms with Crippen molar-refractivity contribution in [1.29, 1.82) is 0 Å². The van der Waals surface area contributed by atoms with E-state index in [2.05, 4.69) is 10.6 Å². The molecular weight excluding hydrogens is 480 g/mol. The van der Waals surface area contributed by atoms with Crippen LogP contribution in [0.2, 0.25) is 0 Å². The lowest BCUT2D eigenvalue weighted by Gasteiger charge is -2.28. The third-order valence-corrected chi connectivity index (χ3v) is 5.70. The van der Waals surface area contributed by atoms with Gasteiger partial charge in [-0.05, 0) is 57.2 Å². The van der Waals surface area contributed by atoms with Crippen molar-refractivity contribution in [3.8, 4) is 0 Å². The van der Waals surface area contributed by atoms with E-state index >= 15 is 0 Å². The molecule has 12 heteroatoms. The number of benzene rings is 1. The maximum Gasteiger partial charge on any atom is 0.407 e. The van der Waals surface area contributed by atoms with Gasteiger partial charge in [-0.2, -0.15) is 0 Å². The molecule has 1 aromatic rings. The molecule has 0 bridgehead atoms. The van der Waals surface area contributed by atoms with Crippen LogP contribution in [0.15, 0.2) is 30.3 Å². The first-order valence-corrected chi connectivity index (χ1v) is 12.8. The molecule has 210 valence electrons. The number of aliphatic hydroxyl groups excluding tert-OH is 1. The van der Waals surface area contributed by atoms with Gasteiger partial charge in [0, 0.05) is 26.1 Å². The third kappa shape index (κ3) is 14.5. The molecule has 12 nitrogen and oxygen atoms in total. The van der Waals surface area contributed by atoms with Crippen molar-refractivity contribution in [2.75, 3.05) is 32.7 Å². The summed E-state index contributed by atoms with van der Waals surface area (Å²) in [6, 6.07) is 7.61. The lowest BCUT2D eigenvalue weighted by atomic mass is 10.1. The van der Waals surface area contributed by atoms with E-state index in [1.165, 1.54) is 0 Å². The average Bonchev–Trinajstić information content (AvgIpc) is 2.89. The first-order valence-electron chi connectivity index (χ1n) is 12.8. The van der Waals surface area contributed by atoms with Crippen molar-refractivity contribution in [3.63, 3.8) is 0 Å². The summed E-state index contributed by atoms with van der Waals surface area (Å²) in [5.41, 5.74) is 17.7. The molecule has 0 aromatic heterocycles. The van der Waals surface area contributed by atoms with Crippen LogP contribution >= 0.6 is 0 Å². The van der Waals surface area contributed by atoms with Crippen LogP contribution in [0.25, 0.3) is 0 Å². The van der Waals surface area contributed by atoms with Crippen molar-refractivity contribution >= 4 is 17.9 Å². The molecule has 37 heavy (non-hydrogen) atoms. The Labute approximate surface area is 218 Å². The molecule has 1 rings (SSSR count). The van der Waals surface area contributed by atoms with Gasteiger partial charge in [0.1, 0.15) is 12.6 Å². The Balaban J connectivity index is 2.60. The standard InChI is InChI=1S/C25H44N6O6/c26-13-6-16-31(17-7-14-27)23(33)21(30-22(32)12-11-20(28)24(34)35)10-4-5-15-29-25(36)37-18-19-8-2-1-3-9-19/h1-3,8-9,20-21,24,34-35H,4-7,10-18,26-28H2,(H,29,36)(H,30,32). The Morgan fingerprint density at radius 2 is 1.59 bits per heavy atom. The fraction of sp³-hybridized carbons (Fsp3) is 0.640. The van der Waals surface area contributed by atoms with E-state index < -0.39 is 30.4 Å². The van der Waals surface area contributed by atoms with Crippen LogP contribution in [0.5, 0.6) is 0 Å². The highest BCUT2D eigenvalue weighted by Crippen LogP contribution is 2.09. The highest BCUT2D eigenvalue weighted by atomic mass is 16.5. The fourth-order valence-electron chi connectivity index (χ4n) is 3.53. The lowest BCUT2D eigenvalue weighted by molar-refractivity contribution is -0.137. The van der Waals surface area contributed by atoms with Crippen LogP contribution in [-0.4, -0.2) is 84.1 Å². The first kappa shape index (κ1) is 32.3. The number of carbonyl (C=O) groups is 3. The zero-order chi connectivity index (χ0) is 27.5. The third-order valence-electron chi connectivity index (χ3n) is 5.70. The van der Waals surface area contributed by atoms with Gasteiger partial charge < -0.3 is 47.7 Å². The second-order valence-electron chi connectivity index (χ2n) is 8.83. The van der Waals surface area contributed by atoms with Gasteiger partial charge in [0.15, 0.2) is 6.29 Å². The van der Waals surface area contributed by atoms with Crippen LogP contribution in [0, 0.1) is 0 Å². The number of hydrogen-bond acceptors (Lipinski definition) is 9. The van der Waals surface area contributed by atoms with E-state index in [0.29, 0.717) is 64.8 Å². The van der Waals surface area contributed by atoms with Gasteiger partial charge in [-0.15, -0.1) is 0 Å². The predicted octanol–water partition coefficient (Wildman–Crippen LogP) is -0.488. The maximum atomic E-state index is 13.3. The highest BCUT2D eigenvalue weighted by Gasteiger charge is 2.25. The molecule has 2 unspecified atom stereocenters. The summed E-state index contributed by atoms with van der Waals surface area (Å²) in [7, 11) is 0. The van der Waals surface area contributed by atoms with Crippen LogP contribution in [0.1, 0.15) is 50.5 Å². The van der Waals surface area contributed by atoms with E-state index in [1.54, 1.807) is 4.90 Å². The first-order chi connectivity index (χ1) is 17.8. The van der Waals surface area contributed by atoms with Crippen molar-refractivity contribution in [2.24, 2.45) is 17.2 Å². The number of carbonyl (C=O) groups excluding carboxylic acids is 3. The van der Waals surface area contributed by atoms with Gasteiger partial charge >= 0.3 is 6.09 Å². The van der Waals surface area contributed by atoms with E-state index in [0.717, 1.165) is 5.56 Å². The van der Waals surface area contributed by atoms with E-state index in [1.807, 2.05) is 30.3 Å². The Bertz CT molecular complexity index is 774. The number of amides is 3. The second kappa shape index (κ2) is 19.4. The number of aliphatic hydroxyl groups is 2. The second-order valence-corrected chi connectivity index (χ2v) is 8.83. The molecule has 2 atom stereocenters. The summed E-state index contributed by atoms with van der Waals surface area (Å²) in [6.07, 6.45) is 0.500. The molecule has 10 N–H and O–H groups in total. The summed E-state index contributed by atoms with van der Waals surface area (Å²) in [6.45, 7) is 2.30. The highest BCUT2D eigenvalue weighted by molar-refractivity contribution is 5.87. The molecule has 0 heterocycles. The van der Waals surface area contributed by atoms with Gasteiger partial charge in [0.2, 0.25) is 11.8 Å². The Kier molecular flexibility index (Phi) is 16.9. The molecule has 0 spiro atoms. The summed E-state index contributed by atoms with van der Waals surface area (Å²) in [5, 5.41) is 23.7. The van der Waals surface area contributed by atoms with Crippen LogP contribution < -0.4 is 27.8 Å². The van der Waals surface area contributed by atoms with Gasteiger partial charge in [-0.3, -0.25) is 9.59 Å². The molecule has 0 saturated carbocycles. The van der Waals surface area contributed by atoms with Crippen molar-refractivity contribution in [2.45, 2.75) is 69.9 Å². The molecule has 0 aliphatic heterocycles. The quantitative estimate of drug-likeness (QED) is 0.0919. The SMILES string of the molecule is NCCCN(CCCN)C(=O)C(CCCCNC(=O)OCc1ccccc1)NC(=O)CCC(N)C(O)O. The minimum Gasteiger partial charge on any atom is -0.445 e. The van der Waals surface area contributed by atoms with Crippen LogP contribution in [0.3, 0.4) is 0 Å². The van der Waals surface area contributed by atoms with Gasteiger partial charge in [-0.1, -0.05) is 30.3 Å². The molecule has 0 saturated heterocycles. The topological polar surface area (TPSA) is 206 Å². The lowest BCUT2D eigenvalue weighted by Crippen LogP contribution is -2.50. The number of nitrogens with zero attached hydrogens (tertiary/aromatic N) is 1. The number of alkyl carbamates (subject to hydrolysis) is 1. The molecule has 0 aliphatic rings. The minimum atomic E-state index is -1.72. The van der Waals surface area contributed by atoms with Gasteiger partial charge in [0.25, 0.3) is 0 Å². The van der Waals surface area contributed by atoms with Crippen molar-refractivity contribution in [1.82, 2.24) is 15.5 Å². The molecule has 0 fully saturated rings. The molecule has 0 radical (unpaired) electrons. The molecule has 1 aromatic carbocycles. The Morgan fingerprint density at radius 3 is 2.19 bits per heavy atom. The van der Waals surface area contributed by atoms with Gasteiger partial charge in [-0.25, -0.2) is 4.79 Å². The number of nitrogens with one attached hydrogen (secondary N) is 2. The molecule has 0 aliphatic carbocycles. The predicted molar refractivity (Wildman–Crippen MR) is 140 cm³/mol. The van der Waals surface area contributed by atoms with E-state index in [4.69, 9.17) is 32.2 Å². The van der Waals surface area contributed by atoms with E-state index in [-0.39, 0.29) is 25.4 Å². The Morgan fingerprint density at radius 1 is 0.946 bits per heavy atom. The minimum absolute atomic E-state index is 0.0526. The zero-order valence-electron chi connectivity index (χ0n) is 21.5. The molecular formula is C25H44N6O6. The van der Waals surface area contributed by atoms with Crippen molar-refractivity contribution in [3.05, 3.63) is 35.9 Å². The summed E-state index contributed by atoms with van der Waals surface area (Å²) in [4.78, 5) is 39.3. The largest absolute Gasteiger partial charge is 0.445 e. The Hall–Kier alpha value is -2.77. The van der Waals surface area contributed by atoms with Gasteiger partial charge in [0.05, 0.1) is 6.04 Å². The normalized spacial score (nSPS) is 12.6. The number of ether oxygens (including phenoxy) is 1. The van der Waals surface area contributed by atoms with E-state index in [9.17, 15) is 14.4 Å². The molecule has 3 amide bonds. The number of rotatable bonds is 19. The summed E-state index contributed by atoms with van der Waals surface area (Å²) in [5.74, 6) is -0.633. The van der Waals surface area contributed by atoms with Crippen LogP contribution in [-0.2, 0) is 20.9 Å². The average molecular weight is 525 g/mol. The summed E-state index contributed by atoms with van der Waals surface area (Å²) >= 11 is 0. The smallest absolute Gasteiger partial charge is 0.407 e. The monoisotopic (exact) mass is 524 g/mol. The number of hydrogen-bond donors (Lipinski definition) is 7. The summed E-state index contributed by atoms with van der Waals surface area (Å²) < 4.78 is 5.18. The van der Waals surface area contributed by atoms with Crippen LogP contribution in [0.4, 0.5) is 4.79 Å². The number of unbranched alkanes of at least 4 members (excludes halogenated alkanes) is 1. The fourth-order valence-corrected chi connectivity index (χ4v) is 3.53.